The van der Waals surface area contributed by atoms with Gasteiger partial charge in [-0.1, -0.05) is 36.4 Å². The van der Waals surface area contributed by atoms with Crippen LogP contribution in [0.1, 0.15) is 24.0 Å². The average Bonchev–Trinajstić information content (AvgIpc) is 2.47. The van der Waals surface area contributed by atoms with Crippen LogP contribution in [0.15, 0.2) is 54.6 Å². The second-order valence-electron chi connectivity index (χ2n) is 4.77. The van der Waals surface area contributed by atoms with Crippen LogP contribution in [0.5, 0.6) is 5.75 Å². The quantitative estimate of drug-likeness (QED) is 0.673. The van der Waals surface area contributed by atoms with Gasteiger partial charge in [0.2, 0.25) is 0 Å². The van der Waals surface area contributed by atoms with Crippen LogP contribution in [0.3, 0.4) is 0 Å². The van der Waals surface area contributed by atoms with Crippen molar-refractivity contribution < 1.29 is 17.9 Å². The van der Waals surface area contributed by atoms with E-state index >= 15 is 0 Å². The predicted octanol–water partition coefficient (Wildman–Crippen LogP) is 5.11. The van der Waals surface area contributed by atoms with Crippen LogP contribution in [0.4, 0.5) is 13.2 Å². The first-order chi connectivity index (χ1) is 10.1. The molecule has 2 rings (SSSR count). The summed E-state index contributed by atoms with van der Waals surface area (Å²) in [4.78, 5) is 0. The van der Waals surface area contributed by atoms with Gasteiger partial charge in [-0.25, -0.2) is 0 Å². The Morgan fingerprint density at radius 3 is 2.19 bits per heavy atom. The maximum atomic E-state index is 12.8. The highest BCUT2D eigenvalue weighted by Gasteiger charge is 2.32. The third-order valence-electron chi connectivity index (χ3n) is 3.18. The first kappa shape index (κ1) is 15.4. The molecule has 0 aliphatic rings. The molecule has 0 saturated carbocycles. The number of rotatable bonds is 6. The van der Waals surface area contributed by atoms with Gasteiger partial charge in [0.15, 0.2) is 0 Å². The lowest BCUT2D eigenvalue weighted by Crippen LogP contribution is -2.09. The second-order valence-corrected chi connectivity index (χ2v) is 4.77. The Bertz CT molecular complexity index is 549. The minimum Gasteiger partial charge on any atom is -0.494 e. The average molecular weight is 294 g/mol. The molecule has 4 heteroatoms. The van der Waals surface area contributed by atoms with E-state index in [1.807, 2.05) is 30.3 Å². The lowest BCUT2D eigenvalue weighted by Gasteiger charge is -2.12. The van der Waals surface area contributed by atoms with Crippen LogP contribution >= 0.6 is 0 Å². The molecule has 0 saturated heterocycles. The zero-order chi connectivity index (χ0) is 15.1. The number of ether oxygens (including phenoxy) is 1. The maximum absolute atomic E-state index is 12.8. The van der Waals surface area contributed by atoms with Crippen LogP contribution in [-0.4, -0.2) is 6.61 Å². The van der Waals surface area contributed by atoms with Crippen molar-refractivity contribution >= 4 is 0 Å². The Hall–Kier alpha value is -1.97. The first-order valence-electron chi connectivity index (χ1n) is 6.90. The summed E-state index contributed by atoms with van der Waals surface area (Å²) in [5.74, 6) is 0.785. The van der Waals surface area contributed by atoms with Crippen molar-refractivity contribution in [1.82, 2.24) is 0 Å². The largest absolute Gasteiger partial charge is 0.494 e. The van der Waals surface area contributed by atoms with E-state index in [0.29, 0.717) is 25.0 Å². The zero-order valence-electron chi connectivity index (χ0n) is 11.6. The topological polar surface area (TPSA) is 9.23 Å². The van der Waals surface area contributed by atoms with Gasteiger partial charge in [-0.3, -0.25) is 0 Å². The highest BCUT2D eigenvalue weighted by molar-refractivity contribution is 5.29. The van der Waals surface area contributed by atoms with Gasteiger partial charge in [-0.2, -0.15) is 13.2 Å². The SMILES string of the molecule is FC(F)(F)c1ccccc1CCCCOc1ccccc1. The number of hydrogen-bond donors (Lipinski definition) is 0. The molecular weight excluding hydrogens is 277 g/mol. The van der Waals surface area contributed by atoms with Crippen molar-refractivity contribution in [2.75, 3.05) is 6.61 Å². The number of benzene rings is 2. The minimum atomic E-state index is -4.28. The van der Waals surface area contributed by atoms with Gasteiger partial charge < -0.3 is 4.74 Å². The fraction of sp³-hybridized carbons (Fsp3) is 0.294. The summed E-state index contributed by atoms with van der Waals surface area (Å²) in [6.07, 6.45) is -2.48. The molecule has 0 heterocycles. The van der Waals surface area contributed by atoms with Gasteiger partial charge in [0.1, 0.15) is 5.75 Å². The van der Waals surface area contributed by atoms with Crippen LogP contribution in [0, 0.1) is 0 Å². The fourth-order valence-corrected chi connectivity index (χ4v) is 2.14. The lowest BCUT2D eigenvalue weighted by atomic mass is 10.0. The number of para-hydroxylation sites is 1. The van der Waals surface area contributed by atoms with E-state index in [9.17, 15) is 13.2 Å². The van der Waals surface area contributed by atoms with E-state index < -0.39 is 11.7 Å². The van der Waals surface area contributed by atoms with Crippen molar-refractivity contribution in [1.29, 1.82) is 0 Å². The Labute approximate surface area is 122 Å². The Morgan fingerprint density at radius 1 is 0.810 bits per heavy atom. The molecule has 0 unspecified atom stereocenters. The summed E-state index contributed by atoms with van der Waals surface area (Å²) in [7, 11) is 0. The summed E-state index contributed by atoms with van der Waals surface area (Å²) >= 11 is 0. The molecule has 21 heavy (non-hydrogen) atoms. The molecule has 0 aromatic heterocycles. The monoisotopic (exact) mass is 294 g/mol. The van der Waals surface area contributed by atoms with E-state index in [-0.39, 0.29) is 0 Å². The minimum absolute atomic E-state index is 0.352. The summed E-state index contributed by atoms with van der Waals surface area (Å²) in [6.45, 7) is 0.512. The maximum Gasteiger partial charge on any atom is 0.416 e. The van der Waals surface area contributed by atoms with Crippen LogP contribution < -0.4 is 4.74 Å². The molecule has 2 aromatic rings. The molecule has 0 bridgehead atoms. The zero-order valence-corrected chi connectivity index (χ0v) is 11.6. The number of hydrogen-bond acceptors (Lipinski definition) is 1. The number of aryl methyl sites for hydroxylation is 1. The van der Waals surface area contributed by atoms with Gasteiger partial charge in [0.25, 0.3) is 0 Å². The molecule has 0 aliphatic carbocycles. The summed E-state index contributed by atoms with van der Waals surface area (Å²) < 4.78 is 44.0. The highest BCUT2D eigenvalue weighted by atomic mass is 19.4. The number of halogens is 3. The molecule has 112 valence electrons. The van der Waals surface area contributed by atoms with Crippen molar-refractivity contribution in [3.8, 4) is 5.75 Å². The summed E-state index contributed by atoms with van der Waals surface area (Å²) in [5, 5.41) is 0. The molecule has 0 N–H and O–H groups in total. The fourth-order valence-electron chi connectivity index (χ4n) is 2.14. The molecule has 0 spiro atoms. The third kappa shape index (κ3) is 4.81. The smallest absolute Gasteiger partial charge is 0.416 e. The van der Waals surface area contributed by atoms with E-state index in [4.69, 9.17) is 4.74 Å². The van der Waals surface area contributed by atoms with E-state index in [1.54, 1.807) is 12.1 Å². The van der Waals surface area contributed by atoms with Crippen molar-refractivity contribution in [2.24, 2.45) is 0 Å². The Kier molecular flexibility index (Phi) is 5.26. The van der Waals surface area contributed by atoms with E-state index in [0.717, 1.165) is 18.2 Å². The molecule has 1 nitrogen and oxygen atoms in total. The lowest BCUT2D eigenvalue weighted by molar-refractivity contribution is -0.138. The molecule has 0 amide bonds. The number of unbranched alkanes of at least 4 members (excludes halogenated alkanes) is 1. The van der Waals surface area contributed by atoms with Gasteiger partial charge >= 0.3 is 6.18 Å². The molecular formula is C17H17F3O. The van der Waals surface area contributed by atoms with E-state index in [2.05, 4.69) is 0 Å². The molecule has 0 fully saturated rings. The molecule has 0 radical (unpaired) electrons. The standard InChI is InChI=1S/C17H17F3O/c18-17(19,20)16-12-5-4-8-14(16)9-6-7-13-21-15-10-2-1-3-11-15/h1-5,8,10-12H,6-7,9,13H2. The third-order valence-corrected chi connectivity index (χ3v) is 3.18. The van der Waals surface area contributed by atoms with Crippen molar-refractivity contribution in [2.45, 2.75) is 25.4 Å². The van der Waals surface area contributed by atoms with Gasteiger partial charge in [-0.15, -0.1) is 0 Å². The van der Waals surface area contributed by atoms with Gasteiger partial charge in [-0.05, 0) is 43.0 Å². The van der Waals surface area contributed by atoms with Crippen molar-refractivity contribution in [3.63, 3.8) is 0 Å². The van der Waals surface area contributed by atoms with Crippen LogP contribution in [-0.2, 0) is 12.6 Å². The Morgan fingerprint density at radius 2 is 1.48 bits per heavy atom. The van der Waals surface area contributed by atoms with Crippen molar-refractivity contribution in [3.05, 3.63) is 65.7 Å². The van der Waals surface area contributed by atoms with E-state index in [1.165, 1.54) is 6.07 Å². The second kappa shape index (κ2) is 7.16. The Balaban J connectivity index is 1.79. The highest BCUT2D eigenvalue weighted by Crippen LogP contribution is 2.32. The van der Waals surface area contributed by atoms with Gasteiger partial charge in [0.05, 0.1) is 12.2 Å². The molecule has 0 aliphatic heterocycles. The normalized spacial score (nSPS) is 11.4. The molecule has 2 aromatic carbocycles. The predicted molar refractivity (Wildman–Crippen MR) is 76.3 cm³/mol. The molecule has 0 atom stereocenters. The van der Waals surface area contributed by atoms with Gasteiger partial charge in [0, 0.05) is 0 Å². The van der Waals surface area contributed by atoms with Crippen LogP contribution in [0.2, 0.25) is 0 Å². The van der Waals surface area contributed by atoms with Crippen LogP contribution in [0.25, 0.3) is 0 Å². The first-order valence-corrected chi connectivity index (χ1v) is 6.90. The summed E-state index contributed by atoms with van der Waals surface area (Å²) in [6, 6.07) is 15.1. The number of alkyl halides is 3. The summed E-state index contributed by atoms with van der Waals surface area (Å²) in [5.41, 5.74) is -0.182.